The number of hydrogen-bond donors (Lipinski definition) is 2. The second-order valence-corrected chi connectivity index (χ2v) is 21.8. The SMILES string of the molecule is C=Cc1ccc(O)cc1.C=Cc1ccc(OC(C)OCCOC(=O)Nc2ccccc2)cc1.C=Cc1ccc(OCc2ccc(-c3ccccc3)cc2)cc1.C=Cc1ccc(S(=O)(=O)[O-])cc1.c1ccc([S+](c2ccccc2)c2ccccc2)cc1. The number of nitrogens with one attached hydrogen (secondary N) is 1. The van der Waals surface area contributed by atoms with E-state index in [2.05, 4.69) is 171 Å². The second-order valence-electron chi connectivity index (χ2n) is 18.3. The van der Waals surface area contributed by atoms with Gasteiger partial charge in [-0.05, 0) is 143 Å². The zero-order valence-corrected chi connectivity index (χ0v) is 49.5. The Morgan fingerprint density at radius 1 is 0.500 bits per heavy atom. The van der Waals surface area contributed by atoms with Crippen LogP contribution in [0.15, 0.2) is 319 Å². The highest BCUT2D eigenvalue weighted by Gasteiger charge is 2.27. The smallest absolute Gasteiger partial charge is 0.411 e. The fourth-order valence-electron chi connectivity index (χ4n) is 7.68. The van der Waals surface area contributed by atoms with Gasteiger partial charge in [0.15, 0.2) is 21.0 Å². The molecule has 10 aromatic rings. The number of anilines is 1. The van der Waals surface area contributed by atoms with Gasteiger partial charge in [0.05, 0.1) is 22.4 Å². The van der Waals surface area contributed by atoms with E-state index in [1.54, 1.807) is 49.4 Å². The van der Waals surface area contributed by atoms with Gasteiger partial charge >= 0.3 is 6.09 Å². The summed E-state index contributed by atoms with van der Waals surface area (Å²) in [5.41, 5.74) is 8.22. The first-order valence-electron chi connectivity index (χ1n) is 27.3. The Labute approximate surface area is 509 Å². The molecule has 0 fully saturated rings. The van der Waals surface area contributed by atoms with E-state index in [-0.39, 0.29) is 29.0 Å². The van der Waals surface area contributed by atoms with E-state index in [0.29, 0.717) is 23.8 Å². The molecule has 0 saturated heterocycles. The van der Waals surface area contributed by atoms with Gasteiger partial charge in [-0.25, -0.2) is 13.2 Å². The lowest BCUT2D eigenvalue weighted by Crippen LogP contribution is -2.21. The highest BCUT2D eigenvalue weighted by atomic mass is 32.2. The van der Waals surface area contributed by atoms with Crippen molar-refractivity contribution in [1.29, 1.82) is 0 Å². The van der Waals surface area contributed by atoms with Crippen molar-refractivity contribution in [3.8, 4) is 28.4 Å². The molecule has 1 amide bonds. The Bertz CT molecular complexity index is 3590. The maximum Gasteiger partial charge on any atom is 0.411 e. The van der Waals surface area contributed by atoms with E-state index in [4.69, 9.17) is 24.1 Å². The van der Waals surface area contributed by atoms with Crippen LogP contribution in [-0.4, -0.2) is 43.7 Å². The van der Waals surface area contributed by atoms with Gasteiger partial charge in [0.25, 0.3) is 0 Å². The molecular formula is C74H69NO9S2. The molecule has 436 valence electrons. The van der Waals surface area contributed by atoms with Gasteiger partial charge < -0.3 is 28.6 Å². The molecule has 0 aliphatic heterocycles. The van der Waals surface area contributed by atoms with Crippen LogP contribution >= 0.6 is 0 Å². The summed E-state index contributed by atoms with van der Waals surface area (Å²) in [4.78, 5) is 15.4. The van der Waals surface area contributed by atoms with Crippen molar-refractivity contribution in [3.05, 3.63) is 327 Å². The maximum atomic E-state index is 11.6. The van der Waals surface area contributed by atoms with Crippen molar-refractivity contribution in [3.63, 3.8) is 0 Å². The van der Waals surface area contributed by atoms with Gasteiger partial charge in [-0.1, -0.05) is 227 Å². The molecule has 0 saturated carbocycles. The number of carbonyl (C=O) groups excluding carboxylic acids is 1. The number of benzene rings is 10. The molecule has 10 aromatic carbocycles. The number of rotatable bonds is 19. The summed E-state index contributed by atoms with van der Waals surface area (Å²) in [5.74, 6) is 1.87. The Morgan fingerprint density at radius 3 is 1.31 bits per heavy atom. The fraction of sp³-hybridized carbons (Fsp3) is 0.0676. The van der Waals surface area contributed by atoms with Gasteiger partial charge in [-0.15, -0.1) is 0 Å². The summed E-state index contributed by atoms with van der Waals surface area (Å²) >= 11 is 0. The molecule has 2 N–H and O–H groups in total. The molecule has 0 spiro atoms. The predicted octanol–water partition coefficient (Wildman–Crippen LogP) is 17.9. The number of carbonyl (C=O) groups is 1. The first-order valence-corrected chi connectivity index (χ1v) is 30.0. The molecule has 0 bridgehead atoms. The Hall–Kier alpha value is -9.95. The van der Waals surface area contributed by atoms with Crippen molar-refractivity contribution >= 4 is 57.1 Å². The summed E-state index contributed by atoms with van der Waals surface area (Å²) in [6.45, 7) is 17.3. The molecule has 10 rings (SSSR count). The van der Waals surface area contributed by atoms with Crippen LogP contribution in [0.3, 0.4) is 0 Å². The molecule has 10 nitrogen and oxygen atoms in total. The van der Waals surface area contributed by atoms with E-state index in [1.165, 1.54) is 50.1 Å². The lowest BCUT2D eigenvalue weighted by atomic mass is 10.0. The quantitative estimate of drug-likeness (QED) is 0.0350. The minimum atomic E-state index is -4.31. The van der Waals surface area contributed by atoms with Crippen LogP contribution in [-0.2, 0) is 37.1 Å². The summed E-state index contributed by atoms with van der Waals surface area (Å²) in [5, 5.41) is 11.4. The highest BCUT2D eigenvalue weighted by Crippen LogP contribution is 2.31. The van der Waals surface area contributed by atoms with E-state index in [1.807, 2.05) is 91.0 Å². The third kappa shape index (κ3) is 23.4. The average Bonchev–Trinajstić information content (AvgIpc) is 2.50. The predicted molar refractivity (Wildman–Crippen MR) is 351 cm³/mol. The Kier molecular flexibility index (Phi) is 27.2. The molecule has 12 heteroatoms. The molecule has 0 aliphatic rings. The summed E-state index contributed by atoms with van der Waals surface area (Å²) in [7, 11) is -4.33. The van der Waals surface area contributed by atoms with Crippen LogP contribution in [0.2, 0.25) is 0 Å². The molecule has 0 aromatic heterocycles. The number of aromatic hydroxyl groups is 1. The second kappa shape index (κ2) is 35.9. The summed E-state index contributed by atoms with van der Waals surface area (Å²) in [6.07, 6.45) is 5.94. The minimum absolute atomic E-state index is 0.0146. The van der Waals surface area contributed by atoms with Crippen molar-refractivity contribution in [1.82, 2.24) is 0 Å². The van der Waals surface area contributed by atoms with E-state index in [9.17, 15) is 17.8 Å². The largest absolute Gasteiger partial charge is 0.744 e. The topological polar surface area (TPSA) is 143 Å². The van der Waals surface area contributed by atoms with Gasteiger partial charge in [0, 0.05) is 5.69 Å². The fourth-order valence-corrected chi connectivity index (χ4v) is 10.3. The van der Waals surface area contributed by atoms with Crippen molar-refractivity contribution in [2.75, 3.05) is 18.5 Å². The van der Waals surface area contributed by atoms with Crippen molar-refractivity contribution < 1.29 is 41.8 Å². The van der Waals surface area contributed by atoms with Gasteiger partial charge in [-0.3, -0.25) is 5.32 Å². The Morgan fingerprint density at radius 2 is 0.884 bits per heavy atom. The van der Waals surface area contributed by atoms with Gasteiger partial charge in [-0.2, -0.15) is 0 Å². The van der Waals surface area contributed by atoms with E-state index >= 15 is 0 Å². The third-order valence-electron chi connectivity index (χ3n) is 12.2. The van der Waals surface area contributed by atoms with Crippen LogP contribution in [0.25, 0.3) is 35.4 Å². The highest BCUT2D eigenvalue weighted by molar-refractivity contribution is 7.97. The lowest BCUT2D eigenvalue weighted by Gasteiger charge is -2.15. The van der Waals surface area contributed by atoms with Crippen LogP contribution in [0.1, 0.15) is 34.7 Å². The van der Waals surface area contributed by atoms with E-state index in [0.717, 1.165) is 33.6 Å². The summed E-state index contributed by atoms with van der Waals surface area (Å²) < 4.78 is 53.3. The summed E-state index contributed by atoms with van der Waals surface area (Å²) in [6, 6.07) is 88.0. The van der Waals surface area contributed by atoms with Crippen LogP contribution in [0, 0.1) is 0 Å². The average molecular weight is 1180 g/mol. The standard InChI is InChI=1S/C21H18O.C19H21NO4.C18H15S.C8H8O3S.C8H8O/c1-2-17-10-14-21(15-11-17)22-16-18-8-12-20(13-9-18)19-6-4-3-5-7-19;1-3-16-9-11-18(12-10-16)24-15(2)22-13-14-23-19(21)20-17-7-5-4-6-8-17;1-4-10-16(11-5-1)19(17-12-6-2-7-13-17)18-14-8-3-9-15-18;1-2-7-3-5-8(6-4-7)12(9,10)11;1-2-7-3-5-8(9)6-4-7/h2-15H,1,16H2;3-12,15H,1,13-14H2,2H3,(H,20,21);1-15H;2-6H,1H2,(H,9,10,11);2-6,9H,1H2/q;;+1;;/p-1. The first-order chi connectivity index (χ1) is 41.8. The normalized spacial score (nSPS) is 10.6. The zero-order valence-electron chi connectivity index (χ0n) is 47.8. The zero-order chi connectivity index (χ0) is 61.2. The van der Waals surface area contributed by atoms with Crippen LogP contribution < -0.4 is 14.8 Å². The van der Waals surface area contributed by atoms with Gasteiger partial charge in [0.1, 0.15) is 40.6 Å². The molecule has 0 radical (unpaired) electrons. The number of amides is 1. The van der Waals surface area contributed by atoms with E-state index < -0.39 is 22.5 Å². The number of phenolic OH excluding ortho intramolecular Hbond substituents is 1. The maximum absolute atomic E-state index is 11.6. The number of phenols is 1. The number of hydrogen-bond acceptors (Lipinski definition) is 9. The molecule has 0 aliphatic carbocycles. The monoisotopic (exact) mass is 1180 g/mol. The first kappa shape index (κ1) is 65.2. The van der Waals surface area contributed by atoms with Crippen molar-refractivity contribution in [2.24, 2.45) is 0 Å². The molecule has 0 heterocycles. The number of ether oxygens (including phenoxy) is 4. The molecule has 1 unspecified atom stereocenters. The van der Waals surface area contributed by atoms with Crippen LogP contribution in [0.5, 0.6) is 17.2 Å². The van der Waals surface area contributed by atoms with Gasteiger partial charge in [0.2, 0.25) is 0 Å². The number of para-hydroxylation sites is 1. The third-order valence-corrected chi connectivity index (χ3v) is 15.2. The lowest BCUT2D eigenvalue weighted by molar-refractivity contribution is -0.0765. The molecule has 1 atom stereocenters. The van der Waals surface area contributed by atoms with Crippen LogP contribution in [0.4, 0.5) is 10.5 Å². The Balaban J connectivity index is 0.000000178. The van der Waals surface area contributed by atoms with Crippen molar-refractivity contribution in [2.45, 2.75) is 39.4 Å². The molecule has 86 heavy (non-hydrogen) atoms. The minimum Gasteiger partial charge on any atom is -0.744 e. The molecular weight excluding hydrogens is 1110 g/mol.